The van der Waals surface area contributed by atoms with Crippen molar-refractivity contribution in [2.75, 3.05) is 126 Å². The lowest BCUT2D eigenvalue weighted by Crippen LogP contribution is -2.22. The summed E-state index contributed by atoms with van der Waals surface area (Å²) in [5.41, 5.74) is 26.5. The number of carbonyl (C=O) groups excluding carboxylic acids is 3. The second-order valence-electron chi connectivity index (χ2n) is 38.2. The third-order valence-electron chi connectivity index (χ3n) is 26.8. The highest BCUT2D eigenvalue weighted by Gasteiger charge is 2.32. The minimum absolute atomic E-state index is 0. The van der Waals surface area contributed by atoms with Gasteiger partial charge in [0.25, 0.3) is 0 Å². The number of hydrogen-bond donors (Lipinski definition) is 1. The molecule has 7 aliphatic rings. The van der Waals surface area contributed by atoms with Gasteiger partial charge in [-0.15, -0.1) is 0 Å². The highest BCUT2D eigenvalue weighted by molar-refractivity contribution is 5.92. The molecular weight excluding hydrogens is 1820 g/mol. The maximum absolute atomic E-state index is 11.4. The summed E-state index contributed by atoms with van der Waals surface area (Å²) in [5.74, 6) is -0.478. The van der Waals surface area contributed by atoms with Gasteiger partial charge in [-0.25, -0.2) is 4.79 Å². The molecule has 33 nitrogen and oxygen atoms in total. The number of nitriles is 1. The minimum Gasteiger partial charge on any atom is -0.411 e. The number of unbranched alkanes of at least 4 members (excludes halogenated alkanes) is 7. The second-order valence-corrected chi connectivity index (χ2v) is 38.2. The number of aldehydes is 2. The fourth-order valence-corrected chi connectivity index (χ4v) is 19.1. The highest BCUT2D eigenvalue weighted by Crippen LogP contribution is 2.40. The number of fused-ring (bicyclic) bond motifs is 7. The van der Waals surface area contributed by atoms with Crippen molar-refractivity contribution in [2.24, 2.45) is 10.3 Å². The van der Waals surface area contributed by atoms with E-state index in [1.165, 1.54) is 110 Å². The van der Waals surface area contributed by atoms with E-state index in [0.29, 0.717) is 43.2 Å². The van der Waals surface area contributed by atoms with Gasteiger partial charge in [-0.2, -0.15) is 5.26 Å². The van der Waals surface area contributed by atoms with Crippen LogP contribution in [0.2, 0.25) is 0 Å². The number of anilines is 7. The Bertz CT molecular complexity index is 5560. The van der Waals surface area contributed by atoms with E-state index < -0.39 is 36.2 Å². The van der Waals surface area contributed by atoms with Crippen molar-refractivity contribution in [3.8, 4) is 6.07 Å². The molecule has 1 N–H and O–H groups in total. The number of benzene rings is 7. The molecule has 7 aromatic carbocycles. The van der Waals surface area contributed by atoms with Crippen molar-refractivity contribution in [2.45, 2.75) is 302 Å². The number of nitro groups is 6. The summed E-state index contributed by atoms with van der Waals surface area (Å²) in [4.78, 5) is 117. The zero-order valence-corrected chi connectivity index (χ0v) is 86.0. The van der Waals surface area contributed by atoms with Gasteiger partial charge in [0.2, 0.25) is 35.9 Å². The van der Waals surface area contributed by atoms with Crippen LogP contribution in [0.4, 0.5) is 39.8 Å². The Morgan fingerprint density at radius 2 is 0.671 bits per heavy atom. The minimum atomic E-state index is -0.645. The van der Waals surface area contributed by atoms with Crippen LogP contribution in [0.1, 0.15) is 304 Å². The van der Waals surface area contributed by atoms with Crippen molar-refractivity contribution in [1.29, 1.82) is 5.26 Å². The molecule has 5 atom stereocenters. The third-order valence-corrected chi connectivity index (χ3v) is 26.8. The van der Waals surface area contributed by atoms with E-state index >= 15 is 0 Å². The van der Waals surface area contributed by atoms with Gasteiger partial charge in [0, 0.05) is 254 Å². The van der Waals surface area contributed by atoms with E-state index in [9.17, 15) is 80.3 Å². The Hall–Kier alpha value is -13.3. The lowest BCUT2D eigenvalue weighted by molar-refractivity contribution is -0.517. The predicted molar refractivity (Wildman–Crippen MR) is 573 cm³/mol. The fourth-order valence-electron chi connectivity index (χ4n) is 19.1. The fraction of sp³-hybridized carbons (Fsp3) is 0.545. The number of rotatable bonds is 43. The van der Waals surface area contributed by atoms with Gasteiger partial charge >= 0.3 is 5.97 Å². The van der Waals surface area contributed by atoms with E-state index in [-0.39, 0.29) is 42.7 Å². The van der Waals surface area contributed by atoms with E-state index in [1.54, 1.807) is 40.7 Å². The average Bonchev–Trinajstić information content (AvgIpc) is 1.66. The van der Waals surface area contributed by atoms with Gasteiger partial charge in [0.1, 0.15) is 12.4 Å². The number of allylic oxidation sites excluding steroid dienone is 1. The predicted octanol–water partition coefficient (Wildman–Crippen LogP) is 21.5. The monoisotopic (exact) mass is 1970 g/mol. The van der Waals surface area contributed by atoms with Gasteiger partial charge in [0.15, 0.2) is 6.29 Å². The Morgan fingerprint density at radius 1 is 0.385 bits per heavy atom. The van der Waals surface area contributed by atoms with E-state index in [4.69, 9.17) is 5.21 Å². The summed E-state index contributed by atoms with van der Waals surface area (Å²) in [6, 6.07) is 33.4. The quantitative estimate of drug-likeness (QED) is 0.00926. The van der Waals surface area contributed by atoms with Crippen molar-refractivity contribution < 1.29 is 54.0 Å². The molecule has 0 bridgehead atoms. The molecular formula is C110H154N16O17. The molecule has 0 saturated carbocycles. The zero-order valence-electron chi connectivity index (χ0n) is 86.0. The van der Waals surface area contributed by atoms with Crippen LogP contribution >= 0.6 is 0 Å². The van der Waals surface area contributed by atoms with Crippen LogP contribution in [0, 0.1) is 72.0 Å². The average molecular weight is 1970 g/mol. The number of nitrogens with zero attached hydrogens (tertiary/aromatic N) is 16. The first-order valence-corrected chi connectivity index (χ1v) is 51.1. The summed E-state index contributed by atoms with van der Waals surface area (Å²) >= 11 is 0. The van der Waals surface area contributed by atoms with Crippen molar-refractivity contribution in [3.63, 3.8) is 0 Å². The lowest BCUT2D eigenvalue weighted by Gasteiger charge is -2.21. The molecule has 7 aliphatic heterocycles. The molecule has 14 rings (SSSR count). The Balaban J connectivity index is 0.000000227. The largest absolute Gasteiger partial charge is 0.411 e. The van der Waals surface area contributed by atoms with Crippen molar-refractivity contribution in [1.82, 2.24) is 0 Å². The molecule has 0 radical (unpaired) electrons. The summed E-state index contributed by atoms with van der Waals surface area (Å²) in [5, 5.41) is 90.0. The molecule has 7 heterocycles. The van der Waals surface area contributed by atoms with Crippen LogP contribution in [0.15, 0.2) is 119 Å². The summed E-state index contributed by atoms with van der Waals surface area (Å²) in [6.45, 7) is 40.4. The van der Waals surface area contributed by atoms with Crippen LogP contribution in [0.25, 0.3) is 6.08 Å². The number of carbonyl (C=O) groups is 3. The van der Waals surface area contributed by atoms with Crippen LogP contribution in [-0.2, 0) is 86.7 Å². The molecule has 0 amide bonds. The smallest absolute Gasteiger partial charge is 0.331 e. The van der Waals surface area contributed by atoms with Gasteiger partial charge in [-0.1, -0.05) is 154 Å². The summed E-state index contributed by atoms with van der Waals surface area (Å²) in [6.07, 6.45) is 31.6. The van der Waals surface area contributed by atoms with E-state index in [2.05, 4.69) is 146 Å². The Morgan fingerprint density at radius 3 is 1.01 bits per heavy atom. The molecule has 0 fully saturated rings. The van der Waals surface area contributed by atoms with Gasteiger partial charge < -0.3 is 44.3 Å². The maximum Gasteiger partial charge on any atom is 0.331 e. The SMILES string of the molecule is C.CCCCN1CCc2cc(/C=C(\C)[N+](=O)[O-])ccc21.CCCCN1CCc2cc(C=O)ccc21.CCCCN1CCc2cc(CC(C)[N+](=O)[O-])cc(/C=N/O)c21.CCCCN1CCc2cc(CC(C)[N+](=O)[O-])cc(/C=N/OC(C)=O)c21.CCCCN1CCc2cc(CC(C)[N+](=O)[O-])cc(C#N)c21.CCCCN1CCc2cc(CC(C)[N+](=O)[O-])cc(C=O)c21.CCCCN1CCc2cc(CC(C)[N+](=O)[O-])ccc21. The first kappa shape index (κ1) is 117. The standard InChI is InChI=1S/C18H25N3O4.C16H23N3O3.C16H21N3O2.C16H22N2O3.C15H22N2O2.C15H20N2O2.C13H17NO.CH4/c1-4-5-7-20-8-6-16-10-15(9-13(2)21(23)24)11-17(18(16)20)12-19-25-14(3)22;1-3-4-6-18-7-5-14-9-13(8-12(2)19(21)22)10-15(11-17-20)16(14)18;1-3-4-6-18-7-5-14-9-13(8-12(2)19(20)21)10-15(11-17)16(14)18;1-3-4-6-17-7-5-14-9-13(8-12(2)18(20)21)10-15(11-19)16(14)17;2*1-3-4-8-16-9-7-14-11-13(5-6-15(14)16)10-12(2)17(18)19;1-2-3-7-14-8-6-12-9-11(10-15)4-5-13(12)14;/h10-13H,4-9H2,1-3H3;9-12,20H,3-8H2,1-2H3;9-10,12H,3-8H2,1-2H3;9-12H,3-8H2,1-2H3;5-6,11-12H,3-4,7-10H2,1-2H3;5-6,10-11H,3-4,7-9H2,1-2H3;4-5,9-10H,2-3,6-8H2,1H3;1H4/b19-12+;17-11+;;;;12-10+;;. The molecule has 0 aliphatic carbocycles. The van der Waals surface area contributed by atoms with Crippen LogP contribution in [0.3, 0.4) is 0 Å². The zero-order chi connectivity index (χ0) is 104. The molecule has 776 valence electrons. The molecule has 0 saturated heterocycles. The topological polar surface area (TPSA) is 411 Å². The lowest BCUT2D eigenvalue weighted by atomic mass is 9.99. The normalized spacial score (nSPS) is 14.7. The maximum atomic E-state index is 11.4. The van der Waals surface area contributed by atoms with Gasteiger partial charge in [-0.05, 0) is 223 Å². The number of hydrogen-bond acceptors (Lipinski definition) is 27. The van der Waals surface area contributed by atoms with Crippen LogP contribution in [-0.4, -0.2) is 188 Å². The summed E-state index contributed by atoms with van der Waals surface area (Å²) in [7, 11) is 0. The Labute approximate surface area is 845 Å². The first-order chi connectivity index (χ1) is 68.2. The highest BCUT2D eigenvalue weighted by atomic mass is 16.7. The van der Waals surface area contributed by atoms with Crippen molar-refractivity contribution >= 4 is 76.9 Å². The van der Waals surface area contributed by atoms with E-state index in [0.717, 1.165) is 284 Å². The summed E-state index contributed by atoms with van der Waals surface area (Å²) < 4.78 is 0. The molecule has 5 unspecified atom stereocenters. The first-order valence-electron chi connectivity index (χ1n) is 51.1. The Kier molecular flexibility index (Phi) is 48.6. The van der Waals surface area contributed by atoms with Gasteiger partial charge in [0.05, 0.1) is 34.3 Å². The molecule has 0 spiro atoms. The third kappa shape index (κ3) is 34.8. The van der Waals surface area contributed by atoms with Crippen LogP contribution in [0.5, 0.6) is 0 Å². The molecule has 143 heavy (non-hydrogen) atoms. The molecule has 7 aromatic rings. The number of oxime groups is 2. The molecule has 33 heteroatoms. The van der Waals surface area contributed by atoms with E-state index in [1.807, 2.05) is 60.7 Å². The molecule has 0 aromatic heterocycles. The van der Waals surface area contributed by atoms with Gasteiger partial charge in [-0.3, -0.25) is 70.3 Å². The van der Waals surface area contributed by atoms with Crippen molar-refractivity contribution in [3.05, 3.63) is 270 Å². The second kappa shape index (κ2) is 59.6. The van der Waals surface area contributed by atoms with Crippen LogP contribution < -0.4 is 34.3 Å².